The number of sulfone groups is 1. The van der Waals surface area contributed by atoms with Gasteiger partial charge in [-0.25, -0.2) is 13.2 Å². The standard InChI is InChI=1S/C13H13N3O5S2/c1-3-21-12(18)11-15-16-13(22-11)14-10(17)8-5-4-6-9(7-8)23(2,19)20/h4-7H,3H2,1-2H3,(H,14,16,17). The molecule has 2 aromatic rings. The van der Waals surface area contributed by atoms with E-state index >= 15 is 0 Å². The number of esters is 1. The average Bonchev–Trinajstić information content (AvgIpc) is 2.95. The van der Waals surface area contributed by atoms with E-state index in [1.54, 1.807) is 6.92 Å². The summed E-state index contributed by atoms with van der Waals surface area (Å²) in [5.41, 5.74) is 0.154. The zero-order valence-corrected chi connectivity index (χ0v) is 13.9. The van der Waals surface area contributed by atoms with Gasteiger partial charge < -0.3 is 4.74 Å². The van der Waals surface area contributed by atoms with Crippen LogP contribution in [0.25, 0.3) is 0 Å². The van der Waals surface area contributed by atoms with E-state index in [2.05, 4.69) is 15.5 Å². The van der Waals surface area contributed by atoms with Gasteiger partial charge in [0, 0.05) is 11.8 Å². The summed E-state index contributed by atoms with van der Waals surface area (Å²) in [6.07, 6.45) is 1.06. The van der Waals surface area contributed by atoms with Crippen LogP contribution in [0.4, 0.5) is 5.13 Å². The van der Waals surface area contributed by atoms with Crippen molar-refractivity contribution in [3.05, 3.63) is 34.8 Å². The number of benzene rings is 1. The largest absolute Gasteiger partial charge is 0.461 e. The van der Waals surface area contributed by atoms with Crippen LogP contribution in [0.2, 0.25) is 0 Å². The summed E-state index contributed by atoms with van der Waals surface area (Å²) in [4.78, 5) is 23.6. The molecule has 0 saturated carbocycles. The van der Waals surface area contributed by atoms with Crippen LogP contribution in [0.1, 0.15) is 27.1 Å². The Hall–Kier alpha value is -2.33. The lowest BCUT2D eigenvalue weighted by atomic mass is 10.2. The zero-order valence-electron chi connectivity index (χ0n) is 12.3. The molecule has 1 amide bonds. The van der Waals surface area contributed by atoms with Crippen molar-refractivity contribution in [2.75, 3.05) is 18.2 Å². The summed E-state index contributed by atoms with van der Waals surface area (Å²) in [6.45, 7) is 1.87. The first-order chi connectivity index (χ1) is 10.8. The normalized spacial score (nSPS) is 11.0. The molecule has 1 N–H and O–H groups in total. The number of nitrogens with zero attached hydrogens (tertiary/aromatic N) is 2. The van der Waals surface area contributed by atoms with Crippen LogP contribution in [0.5, 0.6) is 0 Å². The highest BCUT2D eigenvalue weighted by atomic mass is 32.2. The SMILES string of the molecule is CCOC(=O)c1nnc(NC(=O)c2cccc(S(C)(=O)=O)c2)s1. The number of aromatic nitrogens is 2. The molecule has 1 heterocycles. The Morgan fingerprint density at radius 1 is 1.30 bits per heavy atom. The molecule has 0 aliphatic heterocycles. The van der Waals surface area contributed by atoms with E-state index in [0.29, 0.717) is 0 Å². The lowest BCUT2D eigenvalue weighted by Crippen LogP contribution is -2.12. The van der Waals surface area contributed by atoms with Gasteiger partial charge in [-0.3, -0.25) is 10.1 Å². The van der Waals surface area contributed by atoms with Crippen molar-refractivity contribution >= 4 is 38.2 Å². The van der Waals surface area contributed by atoms with Crippen LogP contribution < -0.4 is 5.32 Å². The first-order valence-corrected chi connectivity index (χ1v) is 9.14. The molecule has 0 atom stereocenters. The summed E-state index contributed by atoms with van der Waals surface area (Å²) in [7, 11) is -3.41. The van der Waals surface area contributed by atoms with Crippen molar-refractivity contribution in [3.8, 4) is 0 Å². The molecule has 0 unspecified atom stereocenters. The maximum Gasteiger partial charge on any atom is 0.369 e. The predicted molar refractivity (Wildman–Crippen MR) is 83.4 cm³/mol. The van der Waals surface area contributed by atoms with E-state index in [4.69, 9.17) is 4.74 Å². The number of ether oxygens (including phenoxy) is 1. The van der Waals surface area contributed by atoms with Crippen LogP contribution >= 0.6 is 11.3 Å². The van der Waals surface area contributed by atoms with Gasteiger partial charge in [0.25, 0.3) is 5.91 Å². The lowest BCUT2D eigenvalue weighted by molar-refractivity contribution is 0.0525. The molecular weight excluding hydrogens is 342 g/mol. The van der Waals surface area contributed by atoms with E-state index < -0.39 is 21.7 Å². The van der Waals surface area contributed by atoms with Crippen molar-refractivity contribution in [1.29, 1.82) is 0 Å². The topological polar surface area (TPSA) is 115 Å². The van der Waals surface area contributed by atoms with E-state index in [0.717, 1.165) is 17.6 Å². The number of rotatable bonds is 5. The van der Waals surface area contributed by atoms with Crippen molar-refractivity contribution in [1.82, 2.24) is 10.2 Å². The summed E-state index contributed by atoms with van der Waals surface area (Å²) >= 11 is 0.867. The molecule has 1 aromatic carbocycles. The number of hydrogen-bond acceptors (Lipinski definition) is 8. The fourth-order valence-corrected chi connectivity index (χ4v) is 2.89. The number of anilines is 1. The highest BCUT2D eigenvalue weighted by molar-refractivity contribution is 7.90. The summed E-state index contributed by atoms with van der Waals surface area (Å²) in [5, 5.41) is 9.89. The molecule has 10 heteroatoms. The van der Waals surface area contributed by atoms with Gasteiger partial charge in [0.2, 0.25) is 10.1 Å². The Morgan fingerprint density at radius 2 is 2.04 bits per heavy atom. The Kier molecular flexibility index (Phi) is 5.06. The molecule has 0 bridgehead atoms. The molecule has 0 spiro atoms. The molecule has 0 fully saturated rings. The maximum absolute atomic E-state index is 12.1. The fraction of sp³-hybridized carbons (Fsp3) is 0.231. The minimum absolute atomic E-state index is 0.0204. The molecular formula is C13H13N3O5S2. The van der Waals surface area contributed by atoms with E-state index in [1.165, 1.54) is 24.3 Å². The molecule has 8 nitrogen and oxygen atoms in total. The van der Waals surface area contributed by atoms with Crippen LogP contribution in [-0.4, -0.2) is 43.4 Å². The molecule has 1 aromatic heterocycles. The third kappa shape index (κ3) is 4.33. The molecule has 23 heavy (non-hydrogen) atoms. The highest BCUT2D eigenvalue weighted by Crippen LogP contribution is 2.18. The van der Waals surface area contributed by atoms with Crippen LogP contribution in [-0.2, 0) is 14.6 Å². The van der Waals surface area contributed by atoms with Gasteiger partial charge in [0.1, 0.15) is 0 Å². The number of carbonyl (C=O) groups is 2. The average molecular weight is 355 g/mol. The fourth-order valence-electron chi connectivity index (χ4n) is 1.59. The first kappa shape index (κ1) is 17.0. The van der Waals surface area contributed by atoms with Crippen molar-refractivity contribution in [2.45, 2.75) is 11.8 Å². The highest BCUT2D eigenvalue weighted by Gasteiger charge is 2.17. The van der Waals surface area contributed by atoms with Gasteiger partial charge in [0.15, 0.2) is 9.84 Å². The number of amides is 1. The second-order valence-electron chi connectivity index (χ2n) is 4.39. The van der Waals surface area contributed by atoms with E-state index in [9.17, 15) is 18.0 Å². The Labute approximate surface area is 136 Å². The van der Waals surface area contributed by atoms with Gasteiger partial charge in [-0.1, -0.05) is 17.4 Å². The van der Waals surface area contributed by atoms with E-state index in [1.807, 2.05) is 0 Å². The molecule has 0 saturated heterocycles. The van der Waals surface area contributed by atoms with Crippen LogP contribution in [0.3, 0.4) is 0 Å². The molecule has 2 rings (SSSR count). The van der Waals surface area contributed by atoms with E-state index in [-0.39, 0.29) is 27.2 Å². The molecule has 0 aliphatic carbocycles. The van der Waals surface area contributed by atoms with Gasteiger partial charge in [-0.2, -0.15) is 0 Å². The zero-order chi connectivity index (χ0) is 17.0. The number of carbonyl (C=O) groups excluding carboxylic acids is 2. The van der Waals surface area contributed by atoms with Crippen molar-refractivity contribution in [2.24, 2.45) is 0 Å². The van der Waals surface area contributed by atoms with Gasteiger partial charge in [-0.15, -0.1) is 10.2 Å². The monoisotopic (exact) mass is 355 g/mol. The van der Waals surface area contributed by atoms with Crippen molar-refractivity contribution in [3.63, 3.8) is 0 Å². The Balaban J connectivity index is 2.15. The van der Waals surface area contributed by atoms with Gasteiger partial charge in [-0.05, 0) is 25.1 Å². The number of hydrogen-bond donors (Lipinski definition) is 1. The Bertz CT molecular complexity index is 845. The summed E-state index contributed by atoms with van der Waals surface area (Å²) in [5.74, 6) is -1.17. The van der Waals surface area contributed by atoms with Crippen LogP contribution in [0.15, 0.2) is 29.2 Å². The molecule has 0 radical (unpaired) electrons. The van der Waals surface area contributed by atoms with Gasteiger partial charge >= 0.3 is 5.97 Å². The van der Waals surface area contributed by atoms with Gasteiger partial charge in [0.05, 0.1) is 11.5 Å². The third-order valence-electron chi connectivity index (χ3n) is 2.62. The summed E-state index contributed by atoms with van der Waals surface area (Å²) < 4.78 is 27.8. The minimum Gasteiger partial charge on any atom is -0.461 e. The first-order valence-electron chi connectivity index (χ1n) is 6.43. The third-order valence-corrected chi connectivity index (χ3v) is 4.55. The molecule has 0 aliphatic rings. The maximum atomic E-state index is 12.1. The lowest BCUT2D eigenvalue weighted by Gasteiger charge is -2.03. The van der Waals surface area contributed by atoms with Crippen LogP contribution in [0, 0.1) is 0 Å². The Morgan fingerprint density at radius 3 is 2.70 bits per heavy atom. The molecule has 122 valence electrons. The minimum atomic E-state index is -3.41. The summed E-state index contributed by atoms with van der Waals surface area (Å²) in [6, 6.07) is 5.60. The number of nitrogens with one attached hydrogen (secondary N) is 1. The predicted octanol–water partition coefficient (Wildman–Crippen LogP) is 1.37. The van der Waals surface area contributed by atoms with Crippen molar-refractivity contribution < 1.29 is 22.7 Å². The second kappa shape index (κ2) is 6.84. The second-order valence-corrected chi connectivity index (χ2v) is 7.38. The quantitative estimate of drug-likeness (QED) is 0.805. The smallest absolute Gasteiger partial charge is 0.369 e.